The largest absolute Gasteiger partial charge is 0.485 e. The number of nitrogens with zero attached hydrogens (tertiary/aromatic N) is 3. The summed E-state index contributed by atoms with van der Waals surface area (Å²) in [4.78, 5) is 14.9. The third-order valence-electron chi connectivity index (χ3n) is 4.39. The average molecular weight is 368 g/mol. The van der Waals surface area contributed by atoms with E-state index < -0.39 is 0 Å². The van der Waals surface area contributed by atoms with Crippen molar-refractivity contribution in [3.05, 3.63) is 65.4 Å². The van der Waals surface area contributed by atoms with Crippen molar-refractivity contribution in [2.75, 3.05) is 11.4 Å². The lowest BCUT2D eigenvalue weighted by atomic mass is 10.0. The maximum absolute atomic E-state index is 13.2. The van der Waals surface area contributed by atoms with Crippen LogP contribution in [0.2, 0.25) is 5.02 Å². The summed E-state index contributed by atoms with van der Waals surface area (Å²) >= 11 is 6.26. The fraction of sp³-hybridized carbons (Fsp3) is 0.200. The number of anilines is 1. The van der Waals surface area contributed by atoms with Gasteiger partial charge in [0.2, 0.25) is 0 Å². The second-order valence-electron chi connectivity index (χ2n) is 6.42. The molecule has 0 fully saturated rings. The lowest BCUT2D eigenvalue weighted by Gasteiger charge is -2.34. The van der Waals surface area contributed by atoms with Gasteiger partial charge in [-0.2, -0.15) is 5.10 Å². The fourth-order valence-corrected chi connectivity index (χ4v) is 3.38. The molecule has 1 amide bonds. The summed E-state index contributed by atoms with van der Waals surface area (Å²) in [7, 11) is 1.87. The number of halogens is 1. The van der Waals surface area contributed by atoms with E-state index in [0.29, 0.717) is 28.6 Å². The van der Waals surface area contributed by atoms with Gasteiger partial charge in [0.25, 0.3) is 5.91 Å². The minimum absolute atomic E-state index is 0.0746. The Bertz CT molecular complexity index is 983. The second-order valence-corrected chi connectivity index (χ2v) is 6.82. The van der Waals surface area contributed by atoms with Crippen LogP contribution in [0.1, 0.15) is 17.3 Å². The van der Waals surface area contributed by atoms with Gasteiger partial charge in [-0.3, -0.25) is 9.48 Å². The molecule has 1 aliphatic rings. The Morgan fingerprint density at radius 1 is 1.23 bits per heavy atom. The van der Waals surface area contributed by atoms with Gasteiger partial charge in [0.05, 0.1) is 23.5 Å². The second kappa shape index (κ2) is 6.50. The van der Waals surface area contributed by atoms with Gasteiger partial charge in [-0.15, -0.1) is 0 Å². The average Bonchev–Trinajstić information content (AvgIpc) is 3.08. The van der Waals surface area contributed by atoms with E-state index in [1.54, 1.807) is 21.8 Å². The van der Waals surface area contributed by atoms with Gasteiger partial charge < -0.3 is 9.64 Å². The van der Waals surface area contributed by atoms with Crippen molar-refractivity contribution in [2.24, 2.45) is 7.05 Å². The molecule has 1 atom stereocenters. The highest BCUT2D eigenvalue weighted by Crippen LogP contribution is 2.40. The molecule has 2 aromatic carbocycles. The molecule has 5 nitrogen and oxygen atoms in total. The minimum atomic E-state index is -0.132. The van der Waals surface area contributed by atoms with Crippen molar-refractivity contribution < 1.29 is 9.53 Å². The molecule has 0 N–H and O–H groups in total. The van der Waals surface area contributed by atoms with Crippen LogP contribution in [0.3, 0.4) is 0 Å². The summed E-state index contributed by atoms with van der Waals surface area (Å²) in [5.74, 6) is 0.485. The quantitative estimate of drug-likeness (QED) is 0.683. The van der Waals surface area contributed by atoms with Crippen molar-refractivity contribution >= 4 is 23.2 Å². The monoisotopic (exact) mass is 367 g/mol. The molecule has 132 valence electrons. The molecular weight excluding hydrogens is 350 g/mol. The van der Waals surface area contributed by atoms with E-state index in [4.69, 9.17) is 16.3 Å². The third kappa shape index (κ3) is 2.95. The number of aryl methyl sites for hydroxylation is 1. The van der Waals surface area contributed by atoms with Crippen LogP contribution < -0.4 is 9.64 Å². The zero-order valence-corrected chi connectivity index (χ0v) is 15.3. The Morgan fingerprint density at radius 3 is 2.81 bits per heavy atom. The van der Waals surface area contributed by atoms with E-state index in [1.807, 2.05) is 56.6 Å². The van der Waals surface area contributed by atoms with Crippen molar-refractivity contribution in [3.63, 3.8) is 0 Å². The Hall–Kier alpha value is -2.79. The van der Waals surface area contributed by atoms with Gasteiger partial charge in [-0.05, 0) is 36.8 Å². The summed E-state index contributed by atoms with van der Waals surface area (Å²) in [6, 6.07) is 13.0. The molecule has 0 radical (unpaired) electrons. The third-order valence-corrected chi connectivity index (χ3v) is 4.69. The SMILES string of the molecule is C[C@H]1CN(C(=O)c2cccc(-c3cnn(C)c3)c2)c2cccc(Cl)c2O1. The lowest BCUT2D eigenvalue weighted by molar-refractivity contribution is 0.0961. The summed E-state index contributed by atoms with van der Waals surface area (Å²) in [5, 5.41) is 4.71. The molecule has 0 bridgehead atoms. The number of benzene rings is 2. The first-order chi connectivity index (χ1) is 12.5. The molecule has 4 rings (SSSR count). The number of rotatable bonds is 2. The number of ether oxygens (including phenoxy) is 1. The van der Waals surface area contributed by atoms with Gasteiger partial charge in [0, 0.05) is 24.4 Å². The molecule has 0 aliphatic carbocycles. The van der Waals surface area contributed by atoms with Gasteiger partial charge in [-0.25, -0.2) is 0 Å². The number of aromatic nitrogens is 2. The van der Waals surface area contributed by atoms with Crippen molar-refractivity contribution in [3.8, 4) is 16.9 Å². The van der Waals surface area contributed by atoms with Crippen LogP contribution in [0, 0.1) is 0 Å². The first-order valence-corrected chi connectivity index (χ1v) is 8.77. The fourth-order valence-electron chi connectivity index (χ4n) is 3.17. The molecule has 0 unspecified atom stereocenters. The van der Waals surface area contributed by atoms with E-state index in [0.717, 1.165) is 11.1 Å². The number of hydrogen-bond acceptors (Lipinski definition) is 3. The molecule has 26 heavy (non-hydrogen) atoms. The van der Waals surface area contributed by atoms with Gasteiger partial charge in [-0.1, -0.05) is 29.8 Å². The number of carbonyl (C=O) groups is 1. The summed E-state index contributed by atoms with van der Waals surface area (Å²) in [6.45, 7) is 2.40. The molecule has 1 aromatic heterocycles. The van der Waals surface area contributed by atoms with Crippen molar-refractivity contribution in [1.82, 2.24) is 9.78 Å². The summed E-state index contributed by atoms with van der Waals surface area (Å²) < 4.78 is 7.58. The zero-order valence-electron chi connectivity index (χ0n) is 14.5. The first kappa shape index (κ1) is 16.7. The first-order valence-electron chi connectivity index (χ1n) is 8.39. The summed E-state index contributed by atoms with van der Waals surface area (Å²) in [6.07, 6.45) is 3.58. The normalized spacial score (nSPS) is 16.1. The molecular formula is C20H18ClN3O2. The van der Waals surface area contributed by atoms with E-state index in [1.165, 1.54) is 0 Å². The standard InChI is InChI=1S/C20H18ClN3O2/c1-13-11-24(18-8-4-7-17(21)19(18)26-13)20(25)15-6-3-5-14(9-15)16-10-22-23(2)12-16/h3-10,12-13H,11H2,1-2H3/t13-/m0/s1. The number of hydrogen-bond donors (Lipinski definition) is 0. The van der Waals surface area contributed by atoms with Gasteiger partial charge in [0.1, 0.15) is 6.10 Å². The van der Waals surface area contributed by atoms with Crippen LogP contribution in [0.5, 0.6) is 5.75 Å². The molecule has 0 saturated heterocycles. The Morgan fingerprint density at radius 2 is 2.04 bits per heavy atom. The minimum Gasteiger partial charge on any atom is -0.485 e. The van der Waals surface area contributed by atoms with E-state index in [-0.39, 0.29) is 12.0 Å². The van der Waals surface area contributed by atoms with Crippen LogP contribution in [-0.2, 0) is 7.05 Å². The molecule has 0 saturated carbocycles. The maximum atomic E-state index is 13.2. The predicted octanol–water partition coefficient (Wildman–Crippen LogP) is 4.17. The molecule has 2 heterocycles. The van der Waals surface area contributed by atoms with E-state index in [2.05, 4.69) is 5.10 Å². The highest BCUT2D eigenvalue weighted by molar-refractivity contribution is 6.32. The Labute approximate surface area is 156 Å². The highest BCUT2D eigenvalue weighted by Gasteiger charge is 2.29. The van der Waals surface area contributed by atoms with Crippen LogP contribution in [-0.4, -0.2) is 28.3 Å². The Balaban J connectivity index is 1.72. The van der Waals surface area contributed by atoms with Gasteiger partial charge >= 0.3 is 0 Å². The van der Waals surface area contributed by atoms with Crippen LogP contribution in [0.4, 0.5) is 5.69 Å². The molecule has 6 heteroatoms. The predicted molar refractivity (Wildman–Crippen MR) is 102 cm³/mol. The van der Waals surface area contributed by atoms with Crippen LogP contribution >= 0.6 is 11.6 Å². The Kier molecular flexibility index (Phi) is 4.17. The molecule has 0 spiro atoms. The number of amides is 1. The van der Waals surface area contributed by atoms with Crippen LogP contribution in [0.15, 0.2) is 54.9 Å². The number of carbonyl (C=O) groups excluding carboxylic acids is 1. The van der Waals surface area contributed by atoms with E-state index >= 15 is 0 Å². The maximum Gasteiger partial charge on any atom is 0.258 e. The lowest BCUT2D eigenvalue weighted by Crippen LogP contribution is -2.42. The zero-order chi connectivity index (χ0) is 18.3. The summed E-state index contributed by atoms with van der Waals surface area (Å²) in [5.41, 5.74) is 3.25. The molecule has 3 aromatic rings. The highest BCUT2D eigenvalue weighted by atomic mass is 35.5. The van der Waals surface area contributed by atoms with Crippen LogP contribution in [0.25, 0.3) is 11.1 Å². The molecule has 1 aliphatic heterocycles. The van der Waals surface area contributed by atoms with Gasteiger partial charge in [0.15, 0.2) is 5.75 Å². The smallest absolute Gasteiger partial charge is 0.258 e. The van der Waals surface area contributed by atoms with Crippen molar-refractivity contribution in [2.45, 2.75) is 13.0 Å². The number of para-hydroxylation sites is 1. The number of fused-ring (bicyclic) bond motifs is 1. The topological polar surface area (TPSA) is 47.4 Å². The van der Waals surface area contributed by atoms with Crippen molar-refractivity contribution in [1.29, 1.82) is 0 Å². The van der Waals surface area contributed by atoms with E-state index in [9.17, 15) is 4.79 Å².